The molecular formula is C20H24O4. The number of aliphatic hydroxyl groups is 2. The topological polar surface area (TPSA) is 73.8 Å². The Labute approximate surface area is 142 Å². The molecule has 2 rings (SSSR count). The number of benzene rings is 1. The van der Waals surface area contributed by atoms with Crippen LogP contribution in [0.2, 0.25) is 0 Å². The van der Waals surface area contributed by atoms with Gasteiger partial charge in [0.2, 0.25) is 0 Å². The minimum absolute atomic E-state index is 0.0831. The summed E-state index contributed by atoms with van der Waals surface area (Å²) in [5, 5.41) is 30.1. The van der Waals surface area contributed by atoms with E-state index in [-0.39, 0.29) is 11.7 Å². The van der Waals surface area contributed by atoms with Gasteiger partial charge in [-0.15, -0.1) is 5.73 Å². The number of aromatic hydroxyl groups is 1. The van der Waals surface area contributed by atoms with Crippen LogP contribution in [0.4, 0.5) is 0 Å². The maximum absolute atomic E-state index is 10.2. The summed E-state index contributed by atoms with van der Waals surface area (Å²) in [6.07, 6.45) is 2.55. The molecule has 0 saturated carbocycles. The normalized spacial score (nSPS) is 13.4. The average Bonchev–Trinajstić information content (AvgIpc) is 3.08. The summed E-state index contributed by atoms with van der Waals surface area (Å²) in [6, 6.07) is 10.2. The van der Waals surface area contributed by atoms with Crippen LogP contribution in [0.1, 0.15) is 50.2 Å². The third kappa shape index (κ3) is 4.87. The summed E-state index contributed by atoms with van der Waals surface area (Å²) in [5.74, 6) is 0.831. The van der Waals surface area contributed by atoms with Crippen molar-refractivity contribution in [3.63, 3.8) is 0 Å². The summed E-state index contributed by atoms with van der Waals surface area (Å²) in [6.45, 7) is 4.06. The number of hydrogen-bond donors (Lipinski definition) is 3. The molecule has 0 unspecified atom stereocenters. The lowest BCUT2D eigenvalue weighted by molar-refractivity contribution is 0.147. The number of para-hydroxylation sites is 1. The van der Waals surface area contributed by atoms with Gasteiger partial charge in [0, 0.05) is 18.4 Å². The fourth-order valence-corrected chi connectivity index (χ4v) is 2.45. The first-order valence-electron chi connectivity index (χ1n) is 8.10. The van der Waals surface area contributed by atoms with E-state index in [0.717, 1.165) is 5.57 Å². The van der Waals surface area contributed by atoms with Crippen LogP contribution < -0.4 is 0 Å². The van der Waals surface area contributed by atoms with E-state index in [0.29, 0.717) is 24.2 Å². The average molecular weight is 328 g/mol. The molecule has 0 aliphatic carbocycles. The molecule has 0 bridgehead atoms. The molecule has 0 aliphatic heterocycles. The van der Waals surface area contributed by atoms with Crippen LogP contribution in [0.5, 0.6) is 5.75 Å². The fourth-order valence-electron chi connectivity index (χ4n) is 2.45. The van der Waals surface area contributed by atoms with Crippen LogP contribution in [-0.2, 0) is 0 Å². The lowest BCUT2D eigenvalue weighted by Gasteiger charge is -2.13. The molecule has 3 N–H and O–H groups in total. The Morgan fingerprint density at radius 1 is 1.12 bits per heavy atom. The predicted octanol–water partition coefficient (Wildman–Crippen LogP) is 4.27. The molecule has 2 atom stereocenters. The number of rotatable bonds is 7. The Balaban J connectivity index is 2.07. The Kier molecular flexibility index (Phi) is 6.44. The van der Waals surface area contributed by atoms with Gasteiger partial charge in [0.05, 0.1) is 12.4 Å². The van der Waals surface area contributed by atoms with Gasteiger partial charge in [0.25, 0.3) is 0 Å². The molecule has 1 aromatic heterocycles. The highest BCUT2D eigenvalue weighted by molar-refractivity contribution is 5.33. The van der Waals surface area contributed by atoms with Gasteiger partial charge in [-0.1, -0.05) is 32.0 Å². The molecule has 0 radical (unpaired) electrons. The summed E-state index contributed by atoms with van der Waals surface area (Å²) in [7, 11) is 0. The molecule has 1 aromatic carbocycles. The molecule has 4 heteroatoms. The van der Waals surface area contributed by atoms with Gasteiger partial charge in [-0.25, -0.2) is 0 Å². The van der Waals surface area contributed by atoms with Crippen LogP contribution in [0.3, 0.4) is 0 Å². The lowest BCUT2D eigenvalue weighted by Crippen LogP contribution is -2.02. The number of aliphatic hydroxyl groups excluding tert-OH is 2. The first-order chi connectivity index (χ1) is 11.5. The standard InChI is InChI=1S/C20H24O4/c1-14(2)15(13-19(23)20-11-6-12-24-20)7-5-10-18(22)16-8-3-4-9-17(16)21/h3-6,8-9,11-12,14,18-19,21-23H,10,13H2,1-2H3/t7?,18-,19-/m1/s1. The Morgan fingerprint density at radius 2 is 1.88 bits per heavy atom. The predicted molar refractivity (Wildman–Crippen MR) is 92.4 cm³/mol. The number of phenols is 1. The van der Waals surface area contributed by atoms with Crippen molar-refractivity contribution in [1.29, 1.82) is 0 Å². The first kappa shape index (κ1) is 18.1. The number of hydrogen-bond acceptors (Lipinski definition) is 4. The van der Waals surface area contributed by atoms with E-state index in [1.807, 2.05) is 13.8 Å². The molecule has 0 aliphatic rings. The summed E-state index contributed by atoms with van der Waals surface area (Å²) in [4.78, 5) is 0. The quantitative estimate of drug-likeness (QED) is 0.664. The van der Waals surface area contributed by atoms with Crippen molar-refractivity contribution in [2.24, 2.45) is 5.92 Å². The molecule has 2 aromatic rings. The Bertz CT molecular complexity index is 694. The molecule has 24 heavy (non-hydrogen) atoms. The van der Waals surface area contributed by atoms with E-state index < -0.39 is 12.2 Å². The van der Waals surface area contributed by atoms with E-state index in [1.165, 1.54) is 6.26 Å². The van der Waals surface area contributed by atoms with E-state index in [9.17, 15) is 15.3 Å². The maximum atomic E-state index is 10.2. The minimum Gasteiger partial charge on any atom is -0.508 e. The molecule has 0 fully saturated rings. The van der Waals surface area contributed by atoms with Gasteiger partial charge < -0.3 is 19.7 Å². The SMILES string of the molecule is CC(C)C(=C=CC[C@@H](O)c1ccccc1O)C[C@@H](O)c1ccco1. The van der Waals surface area contributed by atoms with Crippen LogP contribution in [0.15, 0.2) is 64.5 Å². The molecule has 0 spiro atoms. The van der Waals surface area contributed by atoms with Crippen molar-refractivity contribution in [2.45, 2.75) is 38.9 Å². The third-order valence-electron chi connectivity index (χ3n) is 3.91. The van der Waals surface area contributed by atoms with Crippen molar-refractivity contribution in [2.75, 3.05) is 0 Å². The van der Waals surface area contributed by atoms with Gasteiger partial charge in [-0.05, 0) is 35.8 Å². The van der Waals surface area contributed by atoms with Gasteiger partial charge in [-0.3, -0.25) is 0 Å². The molecule has 128 valence electrons. The molecule has 1 heterocycles. The second-order valence-electron chi connectivity index (χ2n) is 6.07. The maximum Gasteiger partial charge on any atom is 0.132 e. The zero-order valence-corrected chi connectivity index (χ0v) is 14.0. The molecule has 4 nitrogen and oxygen atoms in total. The van der Waals surface area contributed by atoms with Crippen molar-refractivity contribution < 1.29 is 19.7 Å². The number of furan rings is 1. The monoisotopic (exact) mass is 328 g/mol. The summed E-state index contributed by atoms with van der Waals surface area (Å²) in [5.41, 5.74) is 4.63. The summed E-state index contributed by atoms with van der Waals surface area (Å²) >= 11 is 0. The smallest absolute Gasteiger partial charge is 0.132 e. The van der Waals surface area contributed by atoms with Crippen molar-refractivity contribution in [3.8, 4) is 5.75 Å². The Morgan fingerprint density at radius 3 is 2.50 bits per heavy atom. The lowest BCUT2D eigenvalue weighted by atomic mass is 9.96. The van der Waals surface area contributed by atoms with Crippen molar-refractivity contribution in [1.82, 2.24) is 0 Å². The second-order valence-corrected chi connectivity index (χ2v) is 6.07. The highest BCUT2D eigenvalue weighted by Gasteiger charge is 2.15. The van der Waals surface area contributed by atoms with Crippen LogP contribution in [-0.4, -0.2) is 15.3 Å². The van der Waals surface area contributed by atoms with Crippen LogP contribution in [0, 0.1) is 5.92 Å². The Hall–Kier alpha value is -2.26. The zero-order chi connectivity index (χ0) is 17.5. The van der Waals surface area contributed by atoms with E-state index in [2.05, 4.69) is 5.73 Å². The molecular weight excluding hydrogens is 304 g/mol. The van der Waals surface area contributed by atoms with Gasteiger partial charge in [0.15, 0.2) is 0 Å². The van der Waals surface area contributed by atoms with Gasteiger partial charge >= 0.3 is 0 Å². The van der Waals surface area contributed by atoms with Crippen LogP contribution >= 0.6 is 0 Å². The van der Waals surface area contributed by atoms with E-state index in [4.69, 9.17) is 4.42 Å². The van der Waals surface area contributed by atoms with Crippen LogP contribution in [0.25, 0.3) is 0 Å². The molecule has 0 saturated heterocycles. The highest BCUT2D eigenvalue weighted by Crippen LogP contribution is 2.27. The van der Waals surface area contributed by atoms with E-state index >= 15 is 0 Å². The minimum atomic E-state index is -0.790. The largest absolute Gasteiger partial charge is 0.508 e. The zero-order valence-electron chi connectivity index (χ0n) is 14.0. The first-order valence-corrected chi connectivity index (χ1v) is 8.10. The summed E-state index contributed by atoms with van der Waals surface area (Å²) < 4.78 is 5.22. The molecule has 0 amide bonds. The highest BCUT2D eigenvalue weighted by atomic mass is 16.4. The van der Waals surface area contributed by atoms with Gasteiger partial charge in [0.1, 0.15) is 17.6 Å². The second kappa shape index (κ2) is 8.55. The van der Waals surface area contributed by atoms with E-state index in [1.54, 1.807) is 42.5 Å². The van der Waals surface area contributed by atoms with Gasteiger partial charge in [-0.2, -0.15) is 0 Å². The fraction of sp³-hybridized carbons (Fsp3) is 0.350. The third-order valence-corrected chi connectivity index (χ3v) is 3.91. The van der Waals surface area contributed by atoms with Crippen molar-refractivity contribution in [3.05, 3.63) is 71.4 Å². The number of phenolic OH excluding ortho intramolecular Hbond substituents is 1. The van der Waals surface area contributed by atoms with Crippen molar-refractivity contribution >= 4 is 0 Å².